The van der Waals surface area contributed by atoms with Crippen molar-refractivity contribution in [2.24, 2.45) is 0 Å². The molecular weight excluding hydrogens is 744 g/mol. The minimum absolute atomic E-state index is 0.379. The predicted molar refractivity (Wildman–Crippen MR) is 174 cm³/mol. The van der Waals surface area contributed by atoms with E-state index < -0.39 is 147 Å². The normalized spacial score (nSPS) is 17.9. The molecule has 1 saturated heterocycles. The molecule has 21 heteroatoms. The highest BCUT2D eigenvalue weighted by atomic mass is 16.6. The molecule has 1 fully saturated rings. The molecule has 4 aromatic carbocycles. The van der Waals surface area contributed by atoms with E-state index in [1.165, 1.54) is 0 Å². The van der Waals surface area contributed by atoms with Gasteiger partial charge in [0.1, 0.15) is 24.9 Å². The summed E-state index contributed by atoms with van der Waals surface area (Å²) in [7, 11) is 0. The molecule has 1 aliphatic heterocycles. The lowest BCUT2D eigenvalue weighted by Gasteiger charge is -2.36. The first kappa shape index (κ1) is 38.9. The molecule has 0 radical (unpaired) electrons. The minimum atomic E-state index is -1.85. The summed E-state index contributed by atoms with van der Waals surface area (Å²) < 4.78 is 25.5. The number of aliphatic hydroxyl groups excluding tert-OH is 2. The summed E-state index contributed by atoms with van der Waals surface area (Å²) in [5.41, 5.74) is -2.14. The number of ether oxygens (including phenoxy) is 5. The molecule has 0 bridgehead atoms. The van der Waals surface area contributed by atoms with Gasteiger partial charge in [-0.2, -0.15) is 0 Å². The highest BCUT2D eigenvalue weighted by Gasteiger charge is 2.41. The van der Waals surface area contributed by atoms with Crippen molar-refractivity contribution in [2.45, 2.75) is 24.4 Å². The van der Waals surface area contributed by atoms with Crippen molar-refractivity contribution >= 4 is 23.9 Å². The van der Waals surface area contributed by atoms with E-state index in [0.29, 0.717) is 36.4 Å². The molecule has 12 N–H and O–H groups in total. The van der Waals surface area contributed by atoms with E-state index >= 15 is 0 Å². The van der Waals surface area contributed by atoms with Crippen LogP contribution in [0.25, 0.3) is 0 Å². The lowest BCUT2D eigenvalue weighted by molar-refractivity contribution is -0.196. The van der Waals surface area contributed by atoms with Crippen LogP contribution in [0.2, 0.25) is 0 Å². The molecule has 0 spiro atoms. The highest BCUT2D eigenvalue weighted by molar-refractivity contribution is 5.96. The number of carbonyl (C=O) groups excluding carboxylic acids is 4. The first-order valence-corrected chi connectivity index (χ1v) is 15.3. The fourth-order valence-corrected chi connectivity index (χ4v) is 4.89. The van der Waals surface area contributed by atoms with Crippen molar-refractivity contribution in [3.05, 3.63) is 70.8 Å². The number of hydrogen-bond donors (Lipinski definition) is 12. The van der Waals surface area contributed by atoms with Gasteiger partial charge in [-0.3, -0.25) is 0 Å². The lowest BCUT2D eigenvalue weighted by atomic mass is 10.0. The summed E-state index contributed by atoms with van der Waals surface area (Å²) in [5, 5.41) is 119. The Morgan fingerprint density at radius 1 is 0.509 bits per heavy atom. The molecule has 21 nitrogen and oxygen atoms in total. The molecule has 5 rings (SSSR count). The number of aliphatic hydroxyl groups is 2. The summed E-state index contributed by atoms with van der Waals surface area (Å²) in [6.45, 7) is -1.25. The number of phenols is 10. The number of carbonyl (C=O) groups is 4. The third-order valence-electron chi connectivity index (χ3n) is 7.82. The summed E-state index contributed by atoms with van der Waals surface area (Å²) in [6, 6.07) is 5.73. The number of phenolic OH excluding ortho intramolecular Hbond substituents is 10. The monoisotopic (exact) mass is 772 g/mol. The van der Waals surface area contributed by atoms with Gasteiger partial charge in [0.15, 0.2) is 63.6 Å². The maximum absolute atomic E-state index is 13.0. The molecular formula is C34H28O21. The Bertz CT molecular complexity index is 2150. The van der Waals surface area contributed by atoms with Gasteiger partial charge in [-0.05, 0) is 48.5 Å². The summed E-state index contributed by atoms with van der Waals surface area (Å²) in [5.74, 6) is -16.4. The zero-order valence-electron chi connectivity index (χ0n) is 27.4. The Kier molecular flexibility index (Phi) is 10.8. The molecule has 4 aromatic rings. The fraction of sp³-hybridized carbons (Fsp3) is 0.176. The second-order valence-electron chi connectivity index (χ2n) is 11.6. The van der Waals surface area contributed by atoms with Crippen LogP contribution < -0.4 is 9.47 Å². The maximum Gasteiger partial charge on any atom is 0.343 e. The Labute approximate surface area is 305 Å². The standard InChI is InChI=1S/C34H28O21/c35-15-1-11(2-16(36)25(15)41)31(47)52-9-23-29(45)30(46)24(10-51-23)55-34(50)14-6-20(40)28(44)22(8-14)54-33(49)13-5-19(39)27(43)21(7-13)53-32(48)12-3-17(37)26(42)18(38)4-12/h1-8,23-24,29-30,35-46H,9-10H2/t23-,24+,29-,30-/m1/s1. The molecule has 0 aromatic heterocycles. The zero-order chi connectivity index (χ0) is 40.5. The number of rotatable bonds is 9. The van der Waals surface area contributed by atoms with Gasteiger partial charge in [0.2, 0.25) is 11.5 Å². The number of hydrogen-bond acceptors (Lipinski definition) is 21. The van der Waals surface area contributed by atoms with Crippen molar-refractivity contribution < 1.29 is 104 Å². The topological polar surface area (TPSA) is 357 Å². The summed E-state index contributed by atoms with van der Waals surface area (Å²) in [6.07, 6.45) is -6.60. The largest absolute Gasteiger partial charge is 0.504 e. The van der Waals surface area contributed by atoms with Crippen LogP contribution >= 0.6 is 0 Å². The molecule has 0 unspecified atom stereocenters. The van der Waals surface area contributed by atoms with Gasteiger partial charge in [0, 0.05) is 0 Å². The molecule has 4 atom stereocenters. The summed E-state index contributed by atoms with van der Waals surface area (Å²) in [4.78, 5) is 50.9. The van der Waals surface area contributed by atoms with Crippen molar-refractivity contribution in [3.63, 3.8) is 0 Å². The van der Waals surface area contributed by atoms with Crippen LogP contribution in [0.15, 0.2) is 48.5 Å². The van der Waals surface area contributed by atoms with E-state index in [4.69, 9.17) is 23.7 Å². The predicted octanol–water partition coefficient (Wildman–Crippen LogP) is 0.684. The third-order valence-corrected chi connectivity index (χ3v) is 7.82. The van der Waals surface area contributed by atoms with E-state index in [1.807, 2.05) is 0 Å². The van der Waals surface area contributed by atoms with E-state index in [-0.39, 0.29) is 5.56 Å². The molecule has 55 heavy (non-hydrogen) atoms. The van der Waals surface area contributed by atoms with Crippen LogP contribution in [0, 0.1) is 0 Å². The van der Waals surface area contributed by atoms with E-state index in [1.54, 1.807) is 0 Å². The van der Waals surface area contributed by atoms with Gasteiger partial charge < -0.3 is 85.0 Å². The van der Waals surface area contributed by atoms with E-state index in [0.717, 1.165) is 12.1 Å². The summed E-state index contributed by atoms with van der Waals surface area (Å²) >= 11 is 0. The van der Waals surface area contributed by atoms with Crippen molar-refractivity contribution in [1.82, 2.24) is 0 Å². The van der Waals surface area contributed by atoms with Crippen LogP contribution in [0.4, 0.5) is 0 Å². The van der Waals surface area contributed by atoms with Crippen molar-refractivity contribution in [1.29, 1.82) is 0 Å². The highest BCUT2D eigenvalue weighted by Crippen LogP contribution is 2.41. The van der Waals surface area contributed by atoms with Crippen molar-refractivity contribution in [3.8, 4) is 69.0 Å². The van der Waals surface area contributed by atoms with E-state index in [9.17, 15) is 80.5 Å². The number of aromatic hydroxyl groups is 10. The Morgan fingerprint density at radius 2 is 0.873 bits per heavy atom. The van der Waals surface area contributed by atoms with Gasteiger partial charge in [-0.25, -0.2) is 19.2 Å². The average molecular weight is 773 g/mol. The molecule has 1 heterocycles. The van der Waals surface area contributed by atoms with Crippen molar-refractivity contribution in [2.75, 3.05) is 13.2 Å². The fourth-order valence-electron chi connectivity index (χ4n) is 4.89. The maximum atomic E-state index is 13.0. The van der Waals surface area contributed by atoms with Crippen LogP contribution in [0.3, 0.4) is 0 Å². The van der Waals surface area contributed by atoms with Crippen LogP contribution in [-0.4, -0.2) is 123 Å². The zero-order valence-corrected chi connectivity index (χ0v) is 27.4. The molecule has 0 aliphatic carbocycles. The lowest BCUT2D eigenvalue weighted by Crippen LogP contribution is -2.55. The minimum Gasteiger partial charge on any atom is -0.504 e. The molecule has 0 amide bonds. The molecule has 290 valence electrons. The first-order valence-electron chi connectivity index (χ1n) is 15.3. The Balaban J connectivity index is 1.24. The number of esters is 4. The van der Waals surface area contributed by atoms with Gasteiger partial charge in [0.05, 0.1) is 28.9 Å². The van der Waals surface area contributed by atoms with Gasteiger partial charge in [-0.1, -0.05) is 0 Å². The van der Waals surface area contributed by atoms with Gasteiger partial charge in [-0.15, -0.1) is 0 Å². The molecule has 0 saturated carbocycles. The first-order chi connectivity index (χ1) is 25.9. The molecule has 1 aliphatic rings. The quantitative estimate of drug-likeness (QED) is 0.0632. The van der Waals surface area contributed by atoms with Gasteiger partial charge in [0.25, 0.3) is 0 Å². The SMILES string of the molecule is O=C(OC[C@H]1OC[C@H](OC(=O)c2cc(O)c(O)c(OC(=O)c3cc(O)c(O)c(OC(=O)c4cc(O)c(O)c(O)c4)c3)c2)[C@@H](O)[C@@H]1O)c1cc(O)c(O)c(O)c1. The smallest absolute Gasteiger partial charge is 0.343 e. The second kappa shape index (κ2) is 15.3. The number of benzene rings is 4. The van der Waals surface area contributed by atoms with Crippen LogP contribution in [0.1, 0.15) is 41.4 Å². The second-order valence-corrected chi connectivity index (χ2v) is 11.6. The average Bonchev–Trinajstić information content (AvgIpc) is 3.13. The van der Waals surface area contributed by atoms with E-state index in [2.05, 4.69) is 0 Å². The van der Waals surface area contributed by atoms with Crippen LogP contribution in [-0.2, 0) is 14.2 Å². The Hall–Kier alpha value is -7.36. The Morgan fingerprint density at radius 3 is 1.31 bits per heavy atom. The third kappa shape index (κ3) is 8.17. The van der Waals surface area contributed by atoms with Gasteiger partial charge >= 0.3 is 23.9 Å². The van der Waals surface area contributed by atoms with Crippen LogP contribution in [0.5, 0.6) is 69.0 Å².